The van der Waals surface area contributed by atoms with Crippen molar-refractivity contribution in [2.45, 2.75) is 39.9 Å². The number of pyridine rings is 1. The Balaban J connectivity index is 2.04. The monoisotopic (exact) mass is 303 g/mol. The predicted octanol–water partition coefficient (Wildman–Crippen LogP) is 1.58. The Morgan fingerprint density at radius 2 is 2.09 bits per heavy atom. The van der Waals surface area contributed by atoms with Crippen LogP contribution in [-0.4, -0.2) is 47.7 Å². The van der Waals surface area contributed by atoms with E-state index >= 15 is 0 Å². The maximum atomic E-state index is 12.3. The minimum atomic E-state index is -0.0991. The Morgan fingerprint density at radius 1 is 1.45 bits per heavy atom. The molecule has 0 aliphatic carbocycles. The molecule has 1 fully saturated rings. The summed E-state index contributed by atoms with van der Waals surface area (Å²) in [6.07, 6.45) is 0.0422. The zero-order valence-corrected chi connectivity index (χ0v) is 13.4. The maximum Gasteiger partial charge on any atom is 0.260 e. The molecule has 1 aromatic heterocycles. The Labute approximate surface area is 130 Å². The molecule has 1 aliphatic heterocycles. The molecule has 2 heterocycles. The first-order valence-electron chi connectivity index (χ1n) is 7.35. The first kappa shape index (κ1) is 16.2. The van der Waals surface area contributed by atoms with E-state index in [0.717, 1.165) is 5.69 Å². The van der Waals surface area contributed by atoms with E-state index in [4.69, 9.17) is 9.47 Å². The number of hydrogen-bond acceptors (Lipinski definition) is 5. The van der Waals surface area contributed by atoms with Crippen LogP contribution in [0.1, 0.15) is 30.8 Å². The van der Waals surface area contributed by atoms with Gasteiger partial charge in [-0.15, -0.1) is 0 Å². The molecule has 0 radical (unpaired) electrons. The standard InChI is InChI=1S/C16H21N3O3/c1-10-5-15(14(6-17)13(4)18-10)21-9-16(20)19-7-11(2)22-12(3)8-19/h5,11-12H,7-9H2,1-4H3/t11-,12-/m0/s1. The molecule has 118 valence electrons. The molecule has 0 aromatic carbocycles. The number of carbonyl (C=O) groups excluding carboxylic acids is 1. The number of nitriles is 1. The third kappa shape index (κ3) is 3.74. The molecule has 1 aromatic rings. The van der Waals surface area contributed by atoms with Gasteiger partial charge in [-0.25, -0.2) is 0 Å². The van der Waals surface area contributed by atoms with E-state index in [1.807, 2.05) is 20.8 Å². The number of aryl methyl sites for hydroxylation is 2. The van der Waals surface area contributed by atoms with Crippen molar-refractivity contribution in [1.29, 1.82) is 5.26 Å². The van der Waals surface area contributed by atoms with Crippen molar-refractivity contribution in [3.05, 3.63) is 23.0 Å². The molecule has 1 aliphatic rings. The Kier molecular flexibility index (Phi) is 4.99. The van der Waals surface area contributed by atoms with Crippen LogP contribution in [0.3, 0.4) is 0 Å². The van der Waals surface area contributed by atoms with E-state index in [-0.39, 0.29) is 24.7 Å². The van der Waals surface area contributed by atoms with Gasteiger partial charge in [-0.05, 0) is 27.7 Å². The number of rotatable bonds is 3. The molecule has 2 rings (SSSR count). The summed E-state index contributed by atoms with van der Waals surface area (Å²) in [6.45, 7) is 8.51. The number of carbonyl (C=O) groups is 1. The number of ether oxygens (including phenoxy) is 2. The highest BCUT2D eigenvalue weighted by Gasteiger charge is 2.26. The van der Waals surface area contributed by atoms with Crippen molar-refractivity contribution in [3.63, 3.8) is 0 Å². The molecule has 6 nitrogen and oxygen atoms in total. The zero-order chi connectivity index (χ0) is 16.3. The van der Waals surface area contributed by atoms with Crippen molar-refractivity contribution >= 4 is 5.91 Å². The smallest absolute Gasteiger partial charge is 0.260 e. The lowest BCUT2D eigenvalue weighted by molar-refractivity contribution is -0.145. The Bertz CT molecular complexity index is 599. The topological polar surface area (TPSA) is 75.4 Å². The minimum Gasteiger partial charge on any atom is -0.482 e. The minimum absolute atomic E-state index is 0.0211. The summed E-state index contributed by atoms with van der Waals surface area (Å²) in [7, 11) is 0. The third-order valence-corrected chi connectivity index (χ3v) is 3.53. The average molecular weight is 303 g/mol. The lowest BCUT2D eigenvalue weighted by Gasteiger charge is -2.35. The van der Waals surface area contributed by atoms with Crippen LogP contribution in [0.2, 0.25) is 0 Å². The molecule has 6 heteroatoms. The van der Waals surface area contributed by atoms with Gasteiger partial charge in [0.2, 0.25) is 0 Å². The molecule has 1 amide bonds. The third-order valence-electron chi connectivity index (χ3n) is 3.53. The zero-order valence-electron chi connectivity index (χ0n) is 13.4. The summed E-state index contributed by atoms with van der Waals surface area (Å²) in [6, 6.07) is 3.76. The van der Waals surface area contributed by atoms with Gasteiger partial charge in [0.15, 0.2) is 6.61 Å². The molecule has 0 N–H and O–H groups in total. The van der Waals surface area contributed by atoms with E-state index in [0.29, 0.717) is 30.1 Å². The van der Waals surface area contributed by atoms with E-state index in [9.17, 15) is 10.1 Å². The van der Waals surface area contributed by atoms with Crippen LogP contribution in [0.15, 0.2) is 6.07 Å². The molecule has 0 spiro atoms. The summed E-state index contributed by atoms with van der Waals surface area (Å²) in [5.41, 5.74) is 1.74. The van der Waals surface area contributed by atoms with E-state index in [1.54, 1.807) is 17.9 Å². The van der Waals surface area contributed by atoms with Gasteiger partial charge in [0.1, 0.15) is 17.4 Å². The Morgan fingerprint density at radius 3 is 2.68 bits per heavy atom. The first-order valence-corrected chi connectivity index (χ1v) is 7.35. The van der Waals surface area contributed by atoms with Crippen molar-refractivity contribution in [2.24, 2.45) is 0 Å². The molecule has 22 heavy (non-hydrogen) atoms. The fourth-order valence-corrected chi connectivity index (χ4v) is 2.66. The molecule has 0 saturated carbocycles. The van der Waals surface area contributed by atoms with E-state index < -0.39 is 0 Å². The van der Waals surface area contributed by atoms with Gasteiger partial charge in [-0.2, -0.15) is 5.26 Å². The second kappa shape index (κ2) is 6.75. The van der Waals surface area contributed by atoms with Crippen LogP contribution in [0.5, 0.6) is 5.75 Å². The van der Waals surface area contributed by atoms with Crippen LogP contribution in [-0.2, 0) is 9.53 Å². The van der Waals surface area contributed by atoms with Crippen molar-refractivity contribution in [1.82, 2.24) is 9.88 Å². The molecule has 1 saturated heterocycles. The molecule has 0 bridgehead atoms. The van der Waals surface area contributed by atoms with Gasteiger partial charge >= 0.3 is 0 Å². The molecule has 0 unspecified atom stereocenters. The number of nitrogens with zero attached hydrogens (tertiary/aromatic N) is 3. The normalized spacial score (nSPS) is 21.3. The van der Waals surface area contributed by atoms with E-state index in [1.165, 1.54) is 0 Å². The quantitative estimate of drug-likeness (QED) is 0.847. The van der Waals surface area contributed by atoms with Crippen LogP contribution in [0.25, 0.3) is 0 Å². The fraction of sp³-hybridized carbons (Fsp3) is 0.562. The highest BCUT2D eigenvalue weighted by atomic mass is 16.5. The maximum absolute atomic E-state index is 12.3. The summed E-state index contributed by atoms with van der Waals surface area (Å²) in [4.78, 5) is 18.2. The van der Waals surface area contributed by atoms with Crippen molar-refractivity contribution in [2.75, 3.05) is 19.7 Å². The Hall–Kier alpha value is -2.13. The number of hydrogen-bond donors (Lipinski definition) is 0. The van der Waals surface area contributed by atoms with Crippen molar-refractivity contribution in [3.8, 4) is 11.8 Å². The molecular weight excluding hydrogens is 282 g/mol. The lowest BCUT2D eigenvalue weighted by atomic mass is 10.2. The summed E-state index contributed by atoms with van der Waals surface area (Å²) >= 11 is 0. The van der Waals surface area contributed by atoms with Gasteiger partial charge in [0, 0.05) is 24.8 Å². The number of amides is 1. The lowest BCUT2D eigenvalue weighted by Crippen LogP contribution is -2.49. The van der Waals surface area contributed by atoms with Gasteiger partial charge in [0.05, 0.1) is 17.9 Å². The molecular formula is C16H21N3O3. The van der Waals surface area contributed by atoms with Gasteiger partial charge in [-0.3, -0.25) is 9.78 Å². The number of morpholine rings is 1. The summed E-state index contributed by atoms with van der Waals surface area (Å²) in [5.74, 6) is 0.313. The van der Waals surface area contributed by atoms with Crippen LogP contribution in [0.4, 0.5) is 0 Å². The number of aromatic nitrogens is 1. The van der Waals surface area contributed by atoms with E-state index in [2.05, 4.69) is 11.1 Å². The second-order valence-electron chi connectivity index (χ2n) is 5.68. The second-order valence-corrected chi connectivity index (χ2v) is 5.68. The fourth-order valence-electron chi connectivity index (χ4n) is 2.66. The van der Waals surface area contributed by atoms with Crippen LogP contribution < -0.4 is 4.74 Å². The van der Waals surface area contributed by atoms with Gasteiger partial charge in [0.25, 0.3) is 5.91 Å². The average Bonchev–Trinajstić information content (AvgIpc) is 2.43. The molecule has 2 atom stereocenters. The van der Waals surface area contributed by atoms with Gasteiger partial charge < -0.3 is 14.4 Å². The van der Waals surface area contributed by atoms with Crippen LogP contribution >= 0.6 is 0 Å². The SMILES string of the molecule is Cc1cc(OCC(=O)N2C[C@H](C)O[C@@H](C)C2)c(C#N)c(C)n1. The highest BCUT2D eigenvalue weighted by molar-refractivity contribution is 5.78. The highest BCUT2D eigenvalue weighted by Crippen LogP contribution is 2.21. The van der Waals surface area contributed by atoms with Gasteiger partial charge in [-0.1, -0.05) is 0 Å². The largest absolute Gasteiger partial charge is 0.482 e. The van der Waals surface area contributed by atoms with Crippen molar-refractivity contribution < 1.29 is 14.3 Å². The first-order chi connectivity index (χ1) is 10.4. The van der Waals surface area contributed by atoms with Crippen LogP contribution in [0, 0.1) is 25.2 Å². The summed E-state index contributed by atoms with van der Waals surface area (Å²) < 4.78 is 11.2. The predicted molar refractivity (Wildman–Crippen MR) is 80.5 cm³/mol. The summed E-state index contributed by atoms with van der Waals surface area (Å²) in [5, 5.41) is 9.19.